The van der Waals surface area contributed by atoms with E-state index in [1.54, 1.807) is 13.8 Å². The Morgan fingerprint density at radius 1 is 1.02 bits per heavy atom. The van der Waals surface area contributed by atoms with E-state index >= 15 is 4.39 Å². The number of alkyl halides is 3. The number of carbonyl (C=O) groups is 3. The standard InChI is InChI=1S/C25H24F9N3O6S/c1-5-41-18-8-14-10-36(23(35)20(14)21(26)22(18)42-6-2)11-17(39)15-9-16(19(7-12(15)3)44(30,31,32,33)34)37(13(4)38)43-24(40)25(27,28)29/h7-9,35H,5-6,10-11H2,1-4H3. The lowest BCUT2D eigenvalue weighted by Crippen LogP contribution is -2.38. The molecule has 0 saturated carbocycles. The van der Waals surface area contributed by atoms with Crippen LogP contribution in [0.3, 0.4) is 0 Å². The van der Waals surface area contributed by atoms with Crippen LogP contribution in [0, 0.1) is 18.2 Å². The van der Waals surface area contributed by atoms with Crippen LogP contribution in [-0.4, -0.2) is 54.3 Å². The molecule has 9 nitrogen and oxygen atoms in total. The number of nitrogens with zero attached hydrogens (tertiary/aromatic N) is 2. The van der Waals surface area contributed by atoms with Gasteiger partial charge in [-0.15, -0.1) is 5.06 Å². The van der Waals surface area contributed by atoms with Gasteiger partial charge in [0, 0.05) is 19.0 Å². The number of nitrogens with one attached hydrogen (secondary N) is 1. The lowest BCUT2D eigenvalue weighted by atomic mass is 10.0. The van der Waals surface area contributed by atoms with E-state index in [1.165, 1.54) is 6.07 Å². The number of rotatable bonds is 9. The van der Waals surface area contributed by atoms with Gasteiger partial charge in [-0.1, -0.05) is 19.4 Å². The quantitative estimate of drug-likeness (QED) is 0.175. The molecule has 1 aliphatic heterocycles. The zero-order valence-electron chi connectivity index (χ0n) is 23.2. The van der Waals surface area contributed by atoms with E-state index in [0.29, 0.717) is 6.92 Å². The number of hydrogen-bond donors (Lipinski definition) is 1. The highest BCUT2D eigenvalue weighted by atomic mass is 32.5. The number of hydrogen-bond acceptors (Lipinski definition) is 7. The molecule has 0 bridgehead atoms. The lowest BCUT2D eigenvalue weighted by Gasteiger charge is -2.42. The van der Waals surface area contributed by atoms with Crippen molar-refractivity contribution in [2.24, 2.45) is 0 Å². The van der Waals surface area contributed by atoms with Crippen LogP contribution in [0.5, 0.6) is 11.5 Å². The molecule has 0 aliphatic carbocycles. The van der Waals surface area contributed by atoms with Gasteiger partial charge in [0.1, 0.15) is 16.4 Å². The molecule has 3 rings (SSSR count). The van der Waals surface area contributed by atoms with Gasteiger partial charge < -0.3 is 19.2 Å². The summed E-state index contributed by atoms with van der Waals surface area (Å²) in [4.78, 5) is 38.4. The van der Waals surface area contributed by atoms with Crippen molar-refractivity contribution in [1.29, 1.82) is 5.41 Å². The van der Waals surface area contributed by atoms with Crippen molar-refractivity contribution in [1.82, 2.24) is 4.90 Å². The van der Waals surface area contributed by atoms with Crippen LogP contribution >= 0.6 is 10.2 Å². The van der Waals surface area contributed by atoms with Crippen molar-refractivity contribution < 1.29 is 65.7 Å². The third-order valence-electron chi connectivity index (χ3n) is 6.04. The first-order chi connectivity index (χ1) is 19.9. The minimum absolute atomic E-state index is 0.00336. The highest BCUT2D eigenvalue weighted by Crippen LogP contribution is 3.03. The maximum Gasteiger partial charge on any atom is 0.493 e. The number of ketones is 1. The van der Waals surface area contributed by atoms with E-state index in [1.807, 2.05) is 0 Å². The number of anilines is 1. The average molecular weight is 666 g/mol. The van der Waals surface area contributed by atoms with E-state index in [9.17, 15) is 47.0 Å². The second-order valence-corrected chi connectivity index (χ2v) is 11.7. The molecule has 0 unspecified atom stereocenters. The predicted octanol–water partition coefficient (Wildman–Crippen LogP) is 6.99. The second kappa shape index (κ2) is 10.8. The molecule has 0 fully saturated rings. The Morgan fingerprint density at radius 3 is 2.11 bits per heavy atom. The summed E-state index contributed by atoms with van der Waals surface area (Å²) in [6.07, 6.45) is -5.85. The molecule has 44 heavy (non-hydrogen) atoms. The van der Waals surface area contributed by atoms with E-state index in [2.05, 4.69) is 4.84 Å². The van der Waals surface area contributed by atoms with Crippen LogP contribution in [0.15, 0.2) is 23.1 Å². The van der Waals surface area contributed by atoms with Crippen LogP contribution in [-0.2, 0) is 21.0 Å². The number of benzene rings is 2. The topological polar surface area (TPSA) is 109 Å². The monoisotopic (exact) mass is 665 g/mol. The number of Topliss-reactive ketones (excluding diaryl/α,β-unsaturated/α-hetero) is 1. The number of halogens is 9. The van der Waals surface area contributed by atoms with Crippen molar-refractivity contribution in [3.8, 4) is 11.5 Å². The summed E-state index contributed by atoms with van der Waals surface area (Å²) in [7, 11) is -10.8. The minimum Gasteiger partial charge on any atom is -0.490 e. The van der Waals surface area contributed by atoms with Crippen LogP contribution in [0.2, 0.25) is 0 Å². The molecule has 0 aromatic heterocycles. The van der Waals surface area contributed by atoms with Gasteiger partial charge in [-0.05, 0) is 50.1 Å². The maximum absolute atomic E-state index is 15.3. The molecular weight excluding hydrogens is 641 g/mol. The zero-order valence-corrected chi connectivity index (χ0v) is 24.0. The predicted molar refractivity (Wildman–Crippen MR) is 138 cm³/mol. The van der Waals surface area contributed by atoms with E-state index in [4.69, 9.17) is 14.9 Å². The molecule has 0 radical (unpaired) electrons. The summed E-state index contributed by atoms with van der Waals surface area (Å²) in [5.74, 6) is -8.09. The number of aryl methyl sites for hydroxylation is 1. The summed E-state index contributed by atoms with van der Waals surface area (Å²) in [6.45, 7) is 3.29. The Labute approximate surface area is 243 Å². The SMILES string of the molecule is CCOc1cc2c(c(F)c1OCC)C(=N)N(CC(=O)c1cc(N(OC(=O)C(F)(F)F)C(C)=O)c(S(F)(F)(F)(F)F)cc1C)C2. The highest BCUT2D eigenvalue weighted by Gasteiger charge is 2.67. The molecule has 0 saturated heterocycles. The second-order valence-electron chi connectivity index (χ2n) is 9.34. The van der Waals surface area contributed by atoms with Gasteiger partial charge in [-0.25, -0.2) is 9.18 Å². The van der Waals surface area contributed by atoms with Crippen LogP contribution in [0.4, 0.5) is 42.7 Å². The number of ether oxygens (including phenoxy) is 2. The minimum atomic E-state index is -10.8. The number of fused-ring (bicyclic) bond motifs is 1. The summed E-state index contributed by atoms with van der Waals surface area (Å²) in [6, 6.07) is 1.12. The summed E-state index contributed by atoms with van der Waals surface area (Å²) in [5, 5.41) is 7.45. The molecule has 0 spiro atoms. The third-order valence-corrected chi connectivity index (χ3v) is 7.20. The molecule has 1 heterocycles. The van der Waals surface area contributed by atoms with Gasteiger partial charge in [-0.3, -0.25) is 15.0 Å². The molecular formula is C25H24F9N3O6S. The Bertz CT molecular complexity index is 1560. The van der Waals surface area contributed by atoms with Crippen molar-refractivity contribution in [2.75, 3.05) is 24.8 Å². The van der Waals surface area contributed by atoms with E-state index in [-0.39, 0.29) is 54.5 Å². The molecule has 2 aromatic rings. The Hall–Kier alpha value is -4.16. The van der Waals surface area contributed by atoms with Gasteiger partial charge >= 0.3 is 22.4 Å². The molecule has 1 aliphatic rings. The molecule has 2 aromatic carbocycles. The van der Waals surface area contributed by atoms with Gasteiger partial charge in [0.15, 0.2) is 23.1 Å². The first-order valence-electron chi connectivity index (χ1n) is 12.4. The van der Waals surface area contributed by atoms with Gasteiger partial charge in [0.05, 0.1) is 25.3 Å². The van der Waals surface area contributed by atoms with Crippen molar-refractivity contribution in [2.45, 2.75) is 45.3 Å². The van der Waals surface area contributed by atoms with Gasteiger partial charge in [0.25, 0.3) is 5.91 Å². The van der Waals surface area contributed by atoms with Crippen LogP contribution in [0.25, 0.3) is 0 Å². The van der Waals surface area contributed by atoms with Crippen LogP contribution < -0.4 is 14.5 Å². The van der Waals surface area contributed by atoms with Crippen molar-refractivity contribution >= 4 is 39.4 Å². The molecule has 1 amide bonds. The number of amides is 1. The average Bonchev–Trinajstić information content (AvgIpc) is 3.17. The largest absolute Gasteiger partial charge is 0.493 e. The summed E-state index contributed by atoms with van der Waals surface area (Å²) >= 11 is 0. The number of carbonyl (C=O) groups excluding carboxylic acids is 3. The lowest BCUT2D eigenvalue weighted by molar-refractivity contribution is -0.201. The first kappa shape index (κ1) is 34.3. The van der Waals surface area contributed by atoms with Crippen LogP contribution in [0.1, 0.15) is 47.8 Å². The van der Waals surface area contributed by atoms with Crippen molar-refractivity contribution in [3.63, 3.8) is 0 Å². The number of hydroxylamine groups is 1. The molecule has 0 atom stereocenters. The third kappa shape index (κ3) is 6.97. The number of amidine groups is 1. The fourth-order valence-corrected chi connectivity index (χ4v) is 5.21. The molecule has 244 valence electrons. The Balaban J connectivity index is 2.10. The van der Waals surface area contributed by atoms with Gasteiger partial charge in [0.2, 0.25) is 0 Å². The van der Waals surface area contributed by atoms with Crippen molar-refractivity contribution in [3.05, 3.63) is 46.3 Å². The zero-order chi connectivity index (χ0) is 33.6. The Kier molecular flexibility index (Phi) is 8.41. The Morgan fingerprint density at radius 2 is 1.61 bits per heavy atom. The van der Waals surface area contributed by atoms with Gasteiger partial charge in [-0.2, -0.15) is 13.2 Å². The molecule has 1 N–H and O–H groups in total. The van der Waals surface area contributed by atoms with E-state index < -0.39 is 79.0 Å². The normalized spacial score (nSPS) is 14.8. The maximum atomic E-state index is 15.3. The fraction of sp³-hybridized carbons (Fsp3) is 0.360. The summed E-state index contributed by atoms with van der Waals surface area (Å²) in [5.41, 5.74) is -3.73. The smallest absolute Gasteiger partial charge is 0.490 e. The first-order valence-corrected chi connectivity index (χ1v) is 14.3. The summed E-state index contributed by atoms with van der Waals surface area (Å²) < 4.78 is 134. The molecule has 19 heteroatoms. The highest BCUT2D eigenvalue weighted by molar-refractivity contribution is 8.45. The van der Waals surface area contributed by atoms with E-state index in [0.717, 1.165) is 11.8 Å². The fourth-order valence-electron chi connectivity index (χ4n) is 4.27.